The van der Waals surface area contributed by atoms with Crippen molar-refractivity contribution in [1.29, 1.82) is 0 Å². The highest BCUT2D eigenvalue weighted by molar-refractivity contribution is 6.04. The van der Waals surface area contributed by atoms with Gasteiger partial charge in [-0.1, -0.05) is 17.3 Å². The van der Waals surface area contributed by atoms with E-state index in [0.717, 1.165) is 36.3 Å². The quantitative estimate of drug-likeness (QED) is 0.520. The number of ether oxygens (including phenoxy) is 1. The van der Waals surface area contributed by atoms with Crippen molar-refractivity contribution in [3.05, 3.63) is 29.8 Å². The maximum Gasteiger partial charge on any atom is 0.129 e. The molecule has 0 saturated heterocycles. The summed E-state index contributed by atoms with van der Waals surface area (Å²) in [5, 5.41) is 12.4. The van der Waals surface area contributed by atoms with E-state index in [0.29, 0.717) is 0 Å². The van der Waals surface area contributed by atoms with Gasteiger partial charge in [-0.05, 0) is 31.4 Å². The van der Waals surface area contributed by atoms with Crippen LogP contribution in [0.3, 0.4) is 0 Å². The van der Waals surface area contributed by atoms with Gasteiger partial charge in [0.15, 0.2) is 0 Å². The molecule has 1 saturated carbocycles. The lowest BCUT2D eigenvalue weighted by molar-refractivity contribution is -0.00544. The minimum atomic E-state index is -0.0735. The predicted molar refractivity (Wildman–Crippen MR) is 56.6 cm³/mol. The third-order valence-electron chi connectivity index (χ3n) is 3.40. The van der Waals surface area contributed by atoms with Crippen LogP contribution in [0.2, 0.25) is 0 Å². The molecular weight excluding hydrogens is 190 g/mol. The first-order valence-electron chi connectivity index (χ1n) is 5.32. The fourth-order valence-electron chi connectivity index (χ4n) is 2.40. The average Bonchev–Trinajstić information content (AvgIpc) is 2.25. The Kier molecular flexibility index (Phi) is 1.75. The van der Waals surface area contributed by atoms with Gasteiger partial charge in [0.05, 0.1) is 5.71 Å². The van der Waals surface area contributed by atoms with E-state index >= 15 is 0 Å². The Balaban J connectivity index is 2.07. The Morgan fingerprint density at radius 3 is 2.73 bits per heavy atom. The summed E-state index contributed by atoms with van der Waals surface area (Å²) in [7, 11) is 0. The van der Waals surface area contributed by atoms with E-state index in [4.69, 9.17) is 9.94 Å². The first-order valence-corrected chi connectivity index (χ1v) is 5.32. The van der Waals surface area contributed by atoms with Crippen molar-refractivity contribution in [3.8, 4) is 5.75 Å². The molecule has 0 atom stereocenters. The summed E-state index contributed by atoms with van der Waals surface area (Å²) < 4.78 is 6.00. The fourth-order valence-corrected chi connectivity index (χ4v) is 2.40. The number of hydrogen-bond acceptors (Lipinski definition) is 3. The second-order valence-electron chi connectivity index (χ2n) is 4.36. The van der Waals surface area contributed by atoms with E-state index in [2.05, 4.69) is 5.16 Å². The molecule has 3 nitrogen and oxygen atoms in total. The number of benzene rings is 1. The highest BCUT2D eigenvalue weighted by Gasteiger charge is 2.44. The van der Waals surface area contributed by atoms with Crippen molar-refractivity contribution in [1.82, 2.24) is 0 Å². The van der Waals surface area contributed by atoms with Gasteiger partial charge in [0, 0.05) is 12.0 Å². The smallest absolute Gasteiger partial charge is 0.129 e. The second kappa shape index (κ2) is 2.99. The number of nitrogens with zero attached hydrogens (tertiary/aromatic N) is 1. The number of rotatable bonds is 0. The van der Waals surface area contributed by atoms with Crippen LogP contribution in [-0.2, 0) is 0 Å². The van der Waals surface area contributed by atoms with Crippen LogP contribution in [0.5, 0.6) is 5.75 Å². The third-order valence-corrected chi connectivity index (χ3v) is 3.40. The van der Waals surface area contributed by atoms with E-state index in [1.165, 1.54) is 6.42 Å². The van der Waals surface area contributed by atoms with Gasteiger partial charge < -0.3 is 9.94 Å². The fraction of sp³-hybridized carbons (Fsp3) is 0.417. The molecule has 1 N–H and O–H groups in total. The van der Waals surface area contributed by atoms with Crippen LogP contribution in [0.1, 0.15) is 31.2 Å². The number of oxime groups is 1. The van der Waals surface area contributed by atoms with E-state index < -0.39 is 0 Å². The molecule has 0 aromatic heterocycles. The Morgan fingerprint density at radius 2 is 2.07 bits per heavy atom. The topological polar surface area (TPSA) is 41.8 Å². The molecule has 1 aliphatic carbocycles. The monoisotopic (exact) mass is 203 g/mol. The van der Waals surface area contributed by atoms with Crippen molar-refractivity contribution in [2.45, 2.75) is 31.3 Å². The van der Waals surface area contributed by atoms with Gasteiger partial charge in [-0.15, -0.1) is 0 Å². The SMILES string of the molecule is ON=C1CC2(CCC2)Oc2ccccc21. The van der Waals surface area contributed by atoms with Crippen molar-refractivity contribution < 1.29 is 9.94 Å². The lowest BCUT2D eigenvalue weighted by atomic mass is 9.74. The maximum atomic E-state index is 9.02. The van der Waals surface area contributed by atoms with Gasteiger partial charge in [0.2, 0.25) is 0 Å². The zero-order chi connectivity index (χ0) is 10.3. The summed E-state index contributed by atoms with van der Waals surface area (Å²) >= 11 is 0. The molecule has 1 aliphatic heterocycles. The zero-order valence-corrected chi connectivity index (χ0v) is 8.44. The van der Waals surface area contributed by atoms with Gasteiger partial charge >= 0.3 is 0 Å². The molecule has 0 bridgehead atoms. The molecule has 1 spiro atoms. The third kappa shape index (κ3) is 1.23. The predicted octanol–water partition coefficient (Wildman–Crippen LogP) is 2.57. The molecule has 0 radical (unpaired) electrons. The van der Waals surface area contributed by atoms with Crippen LogP contribution < -0.4 is 4.74 Å². The van der Waals surface area contributed by atoms with Gasteiger partial charge in [-0.3, -0.25) is 0 Å². The summed E-state index contributed by atoms with van der Waals surface area (Å²) in [5.74, 6) is 0.858. The molecule has 15 heavy (non-hydrogen) atoms. The Hall–Kier alpha value is -1.51. The van der Waals surface area contributed by atoms with Crippen LogP contribution >= 0.6 is 0 Å². The van der Waals surface area contributed by atoms with Crippen molar-refractivity contribution in [3.63, 3.8) is 0 Å². The van der Waals surface area contributed by atoms with Gasteiger partial charge in [0.25, 0.3) is 0 Å². The molecule has 3 heteroatoms. The standard InChI is InChI=1S/C12H13NO2/c14-13-10-8-12(6-3-7-12)15-11-5-2-1-4-9(10)11/h1-2,4-5,14H,3,6-8H2. The van der Waals surface area contributed by atoms with Crippen molar-refractivity contribution >= 4 is 5.71 Å². The molecule has 1 fully saturated rings. The number of para-hydroxylation sites is 1. The molecule has 0 unspecified atom stereocenters. The second-order valence-corrected chi connectivity index (χ2v) is 4.36. The van der Waals surface area contributed by atoms with Crippen molar-refractivity contribution in [2.24, 2.45) is 5.16 Å². The minimum absolute atomic E-state index is 0.0735. The molecular formula is C12H13NO2. The summed E-state index contributed by atoms with van der Waals surface area (Å²) in [6, 6.07) is 7.77. The molecule has 78 valence electrons. The van der Waals surface area contributed by atoms with E-state index in [9.17, 15) is 0 Å². The first-order chi connectivity index (χ1) is 7.33. The molecule has 1 aromatic rings. The van der Waals surface area contributed by atoms with Crippen LogP contribution in [0.15, 0.2) is 29.4 Å². The molecule has 2 aliphatic rings. The van der Waals surface area contributed by atoms with Gasteiger partial charge in [-0.25, -0.2) is 0 Å². The van der Waals surface area contributed by atoms with Crippen LogP contribution in [-0.4, -0.2) is 16.5 Å². The zero-order valence-electron chi connectivity index (χ0n) is 8.44. The largest absolute Gasteiger partial charge is 0.486 e. The van der Waals surface area contributed by atoms with Crippen LogP contribution in [0, 0.1) is 0 Å². The van der Waals surface area contributed by atoms with E-state index in [1.807, 2.05) is 24.3 Å². The molecule has 1 heterocycles. The first kappa shape index (κ1) is 8.77. The van der Waals surface area contributed by atoms with E-state index in [1.54, 1.807) is 0 Å². The minimum Gasteiger partial charge on any atom is -0.486 e. The normalized spacial score (nSPS) is 24.4. The summed E-state index contributed by atoms with van der Waals surface area (Å²) in [4.78, 5) is 0. The lowest BCUT2D eigenvalue weighted by Crippen LogP contribution is -2.47. The Bertz CT molecular complexity index is 421. The molecule has 1 aromatic carbocycles. The maximum absolute atomic E-state index is 9.02. The highest BCUT2D eigenvalue weighted by atomic mass is 16.5. The summed E-state index contributed by atoms with van der Waals surface area (Å²) in [6.07, 6.45) is 4.09. The average molecular weight is 203 g/mol. The number of hydrogen-bond donors (Lipinski definition) is 1. The lowest BCUT2D eigenvalue weighted by Gasteiger charge is -2.45. The van der Waals surface area contributed by atoms with E-state index in [-0.39, 0.29) is 5.60 Å². The Labute approximate surface area is 88.4 Å². The van der Waals surface area contributed by atoms with Gasteiger partial charge in [-0.2, -0.15) is 0 Å². The van der Waals surface area contributed by atoms with Crippen LogP contribution in [0.25, 0.3) is 0 Å². The Morgan fingerprint density at radius 1 is 1.27 bits per heavy atom. The van der Waals surface area contributed by atoms with Gasteiger partial charge in [0.1, 0.15) is 11.4 Å². The van der Waals surface area contributed by atoms with Crippen LogP contribution in [0.4, 0.5) is 0 Å². The highest BCUT2D eigenvalue weighted by Crippen LogP contribution is 2.44. The molecule has 3 rings (SSSR count). The number of fused-ring (bicyclic) bond motifs is 1. The summed E-state index contributed by atoms with van der Waals surface area (Å²) in [5.41, 5.74) is 1.62. The summed E-state index contributed by atoms with van der Waals surface area (Å²) in [6.45, 7) is 0. The van der Waals surface area contributed by atoms with Crippen molar-refractivity contribution in [2.75, 3.05) is 0 Å². The molecule has 0 amide bonds.